The van der Waals surface area contributed by atoms with Gasteiger partial charge < -0.3 is 10.2 Å². The van der Waals surface area contributed by atoms with E-state index in [0.717, 1.165) is 25.9 Å². The van der Waals surface area contributed by atoms with E-state index < -0.39 is 0 Å². The predicted molar refractivity (Wildman–Crippen MR) is 44.3 cm³/mol. The summed E-state index contributed by atoms with van der Waals surface area (Å²) in [6.07, 6.45) is 2.19. The molecule has 1 fully saturated rings. The maximum atomic E-state index is 11.2. The molecule has 0 aromatic carbocycles. The number of rotatable bonds is 1. The minimum Gasteiger partial charge on any atom is -0.359 e. The molecule has 0 saturated carbocycles. The van der Waals surface area contributed by atoms with Gasteiger partial charge in [0, 0.05) is 13.6 Å². The van der Waals surface area contributed by atoms with Crippen LogP contribution in [-0.4, -0.2) is 38.0 Å². The van der Waals surface area contributed by atoms with Gasteiger partial charge >= 0.3 is 0 Å². The predicted octanol–water partition coefficient (Wildman–Crippen LogP) is 0.0742. The largest absolute Gasteiger partial charge is 0.359 e. The molecule has 0 spiro atoms. The lowest BCUT2D eigenvalue weighted by atomic mass is 9.98. The molecule has 0 bridgehead atoms. The smallest absolute Gasteiger partial charge is 0.224 e. The van der Waals surface area contributed by atoms with Gasteiger partial charge in [-0.3, -0.25) is 4.79 Å². The molecule has 1 aliphatic heterocycles. The van der Waals surface area contributed by atoms with Gasteiger partial charge in [0.15, 0.2) is 0 Å². The van der Waals surface area contributed by atoms with Crippen LogP contribution in [0.3, 0.4) is 0 Å². The molecule has 3 nitrogen and oxygen atoms in total. The number of nitrogens with one attached hydrogen (secondary N) is 1. The van der Waals surface area contributed by atoms with E-state index in [4.69, 9.17) is 0 Å². The molecular weight excluding hydrogens is 140 g/mol. The van der Waals surface area contributed by atoms with Gasteiger partial charge in [0.05, 0.1) is 5.92 Å². The summed E-state index contributed by atoms with van der Waals surface area (Å²) in [5.41, 5.74) is 0. The maximum absolute atomic E-state index is 11.2. The summed E-state index contributed by atoms with van der Waals surface area (Å²) >= 11 is 0. The number of carbonyl (C=O) groups is 1. The number of nitrogens with zero attached hydrogens (tertiary/aromatic N) is 1. The second-order valence-corrected chi connectivity index (χ2v) is 3.22. The first-order valence-electron chi connectivity index (χ1n) is 4.14. The van der Waals surface area contributed by atoms with Crippen LogP contribution in [0.15, 0.2) is 0 Å². The zero-order valence-corrected chi connectivity index (χ0v) is 7.26. The molecule has 11 heavy (non-hydrogen) atoms. The standard InChI is InChI=1S/C8H16N2O/c1-9-8(11)7-4-3-5-10(2)6-7/h7H,3-6H2,1-2H3,(H,9,11)/t7-/m0/s1. The van der Waals surface area contributed by atoms with Crippen molar-refractivity contribution in [3.05, 3.63) is 0 Å². The molecule has 0 unspecified atom stereocenters. The van der Waals surface area contributed by atoms with Gasteiger partial charge in [-0.2, -0.15) is 0 Å². The highest BCUT2D eigenvalue weighted by Crippen LogP contribution is 2.14. The van der Waals surface area contributed by atoms with Gasteiger partial charge in [0.25, 0.3) is 0 Å². The first kappa shape index (κ1) is 8.53. The van der Waals surface area contributed by atoms with E-state index in [1.54, 1.807) is 7.05 Å². The maximum Gasteiger partial charge on any atom is 0.224 e. The fourth-order valence-corrected chi connectivity index (χ4v) is 1.58. The molecule has 1 heterocycles. The van der Waals surface area contributed by atoms with Crippen molar-refractivity contribution < 1.29 is 4.79 Å². The van der Waals surface area contributed by atoms with Crippen molar-refractivity contribution in [3.8, 4) is 0 Å². The summed E-state index contributed by atoms with van der Waals surface area (Å²) in [7, 11) is 3.77. The van der Waals surface area contributed by atoms with Crippen LogP contribution in [0.5, 0.6) is 0 Å². The van der Waals surface area contributed by atoms with Crippen LogP contribution in [0.2, 0.25) is 0 Å². The molecule has 0 aromatic heterocycles. The van der Waals surface area contributed by atoms with Gasteiger partial charge in [-0.15, -0.1) is 0 Å². The van der Waals surface area contributed by atoms with Gasteiger partial charge in [-0.1, -0.05) is 0 Å². The van der Waals surface area contributed by atoms with Crippen molar-refractivity contribution in [2.75, 3.05) is 27.2 Å². The fraction of sp³-hybridized carbons (Fsp3) is 0.875. The van der Waals surface area contributed by atoms with Gasteiger partial charge in [0.2, 0.25) is 5.91 Å². The zero-order chi connectivity index (χ0) is 8.27. The molecule has 1 atom stereocenters. The number of amides is 1. The lowest BCUT2D eigenvalue weighted by molar-refractivity contribution is -0.126. The normalized spacial score (nSPS) is 26.5. The van der Waals surface area contributed by atoms with E-state index in [1.165, 1.54) is 0 Å². The van der Waals surface area contributed by atoms with E-state index >= 15 is 0 Å². The average Bonchev–Trinajstić information content (AvgIpc) is 2.03. The minimum absolute atomic E-state index is 0.191. The van der Waals surface area contributed by atoms with E-state index in [0.29, 0.717) is 0 Å². The van der Waals surface area contributed by atoms with Crippen LogP contribution in [-0.2, 0) is 4.79 Å². The molecule has 3 heteroatoms. The van der Waals surface area contributed by atoms with Crippen LogP contribution in [0.25, 0.3) is 0 Å². The first-order valence-corrected chi connectivity index (χ1v) is 4.14. The second kappa shape index (κ2) is 3.72. The third-order valence-corrected chi connectivity index (χ3v) is 2.24. The Morgan fingerprint density at radius 1 is 1.64 bits per heavy atom. The molecule has 1 amide bonds. The highest BCUT2D eigenvalue weighted by molar-refractivity contribution is 5.78. The van der Waals surface area contributed by atoms with Crippen LogP contribution in [0.1, 0.15) is 12.8 Å². The molecule has 1 saturated heterocycles. The Morgan fingerprint density at radius 2 is 2.36 bits per heavy atom. The molecule has 64 valence electrons. The lowest BCUT2D eigenvalue weighted by Crippen LogP contribution is -2.40. The minimum atomic E-state index is 0.191. The third-order valence-electron chi connectivity index (χ3n) is 2.24. The SMILES string of the molecule is CNC(=O)[C@H]1CCCN(C)C1. The second-order valence-electron chi connectivity index (χ2n) is 3.22. The quantitative estimate of drug-likeness (QED) is 0.583. The monoisotopic (exact) mass is 156 g/mol. The molecular formula is C8H16N2O. The molecule has 1 aliphatic rings. The van der Waals surface area contributed by atoms with E-state index in [9.17, 15) is 4.79 Å². The Kier molecular flexibility index (Phi) is 2.88. The van der Waals surface area contributed by atoms with Gasteiger partial charge in [-0.05, 0) is 26.4 Å². The van der Waals surface area contributed by atoms with Crippen LogP contribution >= 0.6 is 0 Å². The van der Waals surface area contributed by atoms with Crippen molar-refractivity contribution in [2.45, 2.75) is 12.8 Å². The Bertz CT molecular complexity index is 147. The number of carbonyl (C=O) groups excluding carboxylic acids is 1. The van der Waals surface area contributed by atoms with E-state index in [-0.39, 0.29) is 11.8 Å². The number of hydrogen-bond acceptors (Lipinski definition) is 2. The molecule has 0 aliphatic carbocycles. The molecule has 1 rings (SSSR count). The molecule has 1 N–H and O–H groups in total. The number of likely N-dealkylation sites (tertiary alicyclic amines) is 1. The summed E-state index contributed by atoms with van der Waals surface area (Å²) in [5, 5.41) is 2.69. The van der Waals surface area contributed by atoms with E-state index in [2.05, 4.69) is 17.3 Å². The Morgan fingerprint density at radius 3 is 2.91 bits per heavy atom. The summed E-state index contributed by atoms with van der Waals surface area (Å²) in [5.74, 6) is 0.412. The van der Waals surface area contributed by atoms with Crippen molar-refractivity contribution in [1.29, 1.82) is 0 Å². The van der Waals surface area contributed by atoms with Crippen molar-refractivity contribution in [2.24, 2.45) is 5.92 Å². The Hall–Kier alpha value is -0.570. The zero-order valence-electron chi connectivity index (χ0n) is 7.26. The summed E-state index contributed by atoms with van der Waals surface area (Å²) in [6, 6.07) is 0. The summed E-state index contributed by atoms with van der Waals surface area (Å²) < 4.78 is 0. The fourth-order valence-electron chi connectivity index (χ4n) is 1.58. The number of hydrogen-bond donors (Lipinski definition) is 1. The highest BCUT2D eigenvalue weighted by Gasteiger charge is 2.22. The van der Waals surface area contributed by atoms with Gasteiger partial charge in [0.1, 0.15) is 0 Å². The summed E-state index contributed by atoms with van der Waals surface area (Å²) in [4.78, 5) is 13.4. The Balaban J connectivity index is 2.39. The van der Waals surface area contributed by atoms with E-state index in [1.807, 2.05) is 0 Å². The molecule has 0 aromatic rings. The lowest BCUT2D eigenvalue weighted by Gasteiger charge is -2.28. The van der Waals surface area contributed by atoms with Crippen LogP contribution in [0.4, 0.5) is 0 Å². The van der Waals surface area contributed by atoms with Gasteiger partial charge in [-0.25, -0.2) is 0 Å². The molecule has 0 radical (unpaired) electrons. The van der Waals surface area contributed by atoms with Crippen LogP contribution < -0.4 is 5.32 Å². The third kappa shape index (κ3) is 2.19. The summed E-state index contributed by atoms with van der Waals surface area (Å²) in [6.45, 7) is 2.05. The topological polar surface area (TPSA) is 32.3 Å². The average molecular weight is 156 g/mol. The van der Waals surface area contributed by atoms with Crippen molar-refractivity contribution in [1.82, 2.24) is 10.2 Å². The van der Waals surface area contributed by atoms with Crippen LogP contribution in [0, 0.1) is 5.92 Å². The first-order chi connectivity index (χ1) is 5.24. The van der Waals surface area contributed by atoms with Crippen molar-refractivity contribution >= 4 is 5.91 Å². The highest BCUT2D eigenvalue weighted by atomic mass is 16.1. The number of piperidine rings is 1. The van der Waals surface area contributed by atoms with Crippen molar-refractivity contribution in [3.63, 3.8) is 0 Å². The Labute approximate surface area is 67.8 Å².